The van der Waals surface area contributed by atoms with Crippen LogP contribution >= 0.6 is 0 Å². The molecule has 0 aliphatic heterocycles. The third-order valence-corrected chi connectivity index (χ3v) is 7.35. The van der Waals surface area contributed by atoms with Crippen LogP contribution < -0.4 is 0 Å². The number of nitrogens with zero attached hydrogens (tertiary/aromatic N) is 3. The molecule has 1 heterocycles. The van der Waals surface area contributed by atoms with Crippen molar-refractivity contribution in [3.05, 3.63) is 18.5 Å². The molecule has 1 aliphatic rings. The van der Waals surface area contributed by atoms with Gasteiger partial charge in [0.05, 0.1) is 16.9 Å². The first-order valence-electron chi connectivity index (χ1n) is 8.05. The van der Waals surface area contributed by atoms with Gasteiger partial charge in [0.1, 0.15) is 24.3 Å². The number of carbonyl (C=O) groups excluding carboxylic acids is 1. The summed E-state index contributed by atoms with van der Waals surface area (Å²) in [6.07, 6.45) is 6.13. The van der Waals surface area contributed by atoms with Gasteiger partial charge in [0.15, 0.2) is 9.84 Å². The van der Waals surface area contributed by atoms with E-state index in [2.05, 4.69) is 15.0 Å². The smallest absolute Gasteiger partial charge is 0.155 e. The second-order valence-electron chi connectivity index (χ2n) is 7.31. The van der Waals surface area contributed by atoms with E-state index in [0.29, 0.717) is 5.82 Å². The van der Waals surface area contributed by atoms with E-state index in [9.17, 15) is 13.2 Å². The highest BCUT2D eigenvalue weighted by molar-refractivity contribution is 7.92. The monoisotopic (exact) mass is 339 g/mol. The molecule has 1 aliphatic carbocycles. The molecule has 7 heteroatoms. The third-order valence-electron chi connectivity index (χ3n) is 4.57. The minimum Gasteiger partial charge on any atom is -0.299 e. The van der Waals surface area contributed by atoms with Crippen LogP contribution in [-0.4, -0.2) is 39.7 Å². The van der Waals surface area contributed by atoms with Gasteiger partial charge in [0.25, 0.3) is 0 Å². The third kappa shape index (κ3) is 4.80. The molecular formula is C16H25N3O3S. The molecule has 6 nitrogen and oxygen atoms in total. The van der Waals surface area contributed by atoms with Crippen molar-refractivity contribution in [3.63, 3.8) is 0 Å². The Morgan fingerprint density at radius 3 is 2.22 bits per heavy atom. The van der Waals surface area contributed by atoms with Crippen molar-refractivity contribution in [3.8, 4) is 0 Å². The second-order valence-corrected chi connectivity index (χ2v) is 10.1. The van der Waals surface area contributed by atoms with E-state index >= 15 is 0 Å². The summed E-state index contributed by atoms with van der Waals surface area (Å²) in [6, 6.07) is 0. The van der Waals surface area contributed by atoms with E-state index in [1.807, 2.05) is 0 Å². The Morgan fingerprint density at radius 1 is 1.13 bits per heavy atom. The molecule has 2 rings (SSSR count). The summed E-state index contributed by atoms with van der Waals surface area (Å²) >= 11 is 0. The number of sulfone groups is 1. The Bertz CT molecular complexity index is 630. The van der Waals surface area contributed by atoms with Gasteiger partial charge < -0.3 is 0 Å². The zero-order chi connectivity index (χ0) is 17.1. The minimum absolute atomic E-state index is 0.000330. The van der Waals surface area contributed by atoms with Crippen molar-refractivity contribution in [1.29, 1.82) is 0 Å². The average Bonchev–Trinajstić information content (AvgIpc) is 2.47. The van der Waals surface area contributed by atoms with Gasteiger partial charge in [-0.25, -0.2) is 23.4 Å². The van der Waals surface area contributed by atoms with Crippen LogP contribution in [0, 0.1) is 11.8 Å². The van der Waals surface area contributed by atoms with Gasteiger partial charge >= 0.3 is 0 Å². The predicted octanol–water partition coefficient (Wildman–Crippen LogP) is 2.00. The standard InChI is InChI=1S/C16H25N3O3S/c1-16(2,3)23(21,22)9-12-4-6-13(7-5-12)14(20)8-15-18-10-17-11-19-15/h10-13H,4-9H2,1-3H3. The Morgan fingerprint density at radius 2 is 1.70 bits per heavy atom. The van der Waals surface area contributed by atoms with E-state index < -0.39 is 14.6 Å². The van der Waals surface area contributed by atoms with Crippen LogP contribution in [0.15, 0.2) is 12.7 Å². The number of rotatable bonds is 5. The number of ketones is 1. The molecule has 1 saturated carbocycles. The van der Waals surface area contributed by atoms with Crippen LogP contribution in [0.25, 0.3) is 0 Å². The lowest BCUT2D eigenvalue weighted by Crippen LogP contribution is -2.35. The minimum atomic E-state index is -3.10. The lowest BCUT2D eigenvalue weighted by molar-refractivity contribution is -0.123. The van der Waals surface area contributed by atoms with Crippen molar-refractivity contribution in [2.24, 2.45) is 11.8 Å². The Kier molecular flexibility index (Phi) is 5.49. The highest BCUT2D eigenvalue weighted by Gasteiger charge is 2.34. The fourth-order valence-corrected chi connectivity index (χ4v) is 4.32. The molecule has 0 N–H and O–H groups in total. The molecule has 0 atom stereocenters. The summed E-state index contributed by atoms with van der Waals surface area (Å²) in [7, 11) is -3.10. The molecule has 1 aromatic rings. The van der Waals surface area contributed by atoms with Gasteiger partial charge in [-0.1, -0.05) is 0 Å². The van der Waals surface area contributed by atoms with Crippen LogP contribution in [0.4, 0.5) is 0 Å². The van der Waals surface area contributed by atoms with Crippen LogP contribution in [0.5, 0.6) is 0 Å². The van der Waals surface area contributed by atoms with E-state index in [0.717, 1.165) is 25.7 Å². The van der Waals surface area contributed by atoms with E-state index in [1.54, 1.807) is 20.8 Å². The maximum atomic E-state index is 12.3. The molecule has 1 fully saturated rings. The summed E-state index contributed by atoms with van der Waals surface area (Å²) in [4.78, 5) is 24.0. The molecular weight excluding hydrogens is 314 g/mol. The van der Waals surface area contributed by atoms with Gasteiger partial charge in [-0.3, -0.25) is 4.79 Å². The highest BCUT2D eigenvalue weighted by atomic mass is 32.2. The van der Waals surface area contributed by atoms with E-state index in [-0.39, 0.29) is 29.8 Å². The molecule has 128 valence electrons. The Balaban J connectivity index is 1.85. The number of Topliss-reactive ketones (excluding diaryl/α,β-unsaturated/α-hetero) is 1. The average molecular weight is 339 g/mol. The molecule has 0 bridgehead atoms. The SMILES string of the molecule is CC(C)(C)S(=O)(=O)CC1CCC(C(=O)Cc2ncncn2)CC1. The van der Waals surface area contributed by atoms with E-state index in [1.165, 1.54) is 12.7 Å². The largest absolute Gasteiger partial charge is 0.299 e. The van der Waals surface area contributed by atoms with Gasteiger partial charge in [0, 0.05) is 5.92 Å². The first-order chi connectivity index (χ1) is 10.7. The van der Waals surface area contributed by atoms with Gasteiger partial charge in [-0.2, -0.15) is 0 Å². The van der Waals surface area contributed by atoms with Gasteiger partial charge in [-0.15, -0.1) is 0 Å². The van der Waals surface area contributed by atoms with Crippen molar-refractivity contribution < 1.29 is 13.2 Å². The number of hydrogen-bond acceptors (Lipinski definition) is 6. The Labute approximate surface area is 138 Å². The van der Waals surface area contributed by atoms with Crippen molar-refractivity contribution in [2.45, 2.75) is 57.6 Å². The van der Waals surface area contributed by atoms with Gasteiger partial charge in [-0.05, 0) is 52.4 Å². The highest BCUT2D eigenvalue weighted by Crippen LogP contribution is 2.32. The zero-order valence-corrected chi connectivity index (χ0v) is 14.8. The number of aromatic nitrogens is 3. The quantitative estimate of drug-likeness (QED) is 0.815. The van der Waals surface area contributed by atoms with Crippen molar-refractivity contribution in [1.82, 2.24) is 15.0 Å². The lowest BCUT2D eigenvalue weighted by atomic mass is 9.80. The topological polar surface area (TPSA) is 89.9 Å². The lowest BCUT2D eigenvalue weighted by Gasteiger charge is -2.29. The molecule has 0 aromatic carbocycles. The summed E-state index contributed by atoms with van der Waals surface area (Å²) in [6.45, 7) is 5.23. The first-order valence-corrected chi connectivity index (χ1v) is 9.70. The predicted molar refractivity (Wildman–Crippen MR) is 87.5 cm³/mol. The number of hydrogen-bond donors (Lipinski definition) is 0. The molecule has 0 unspecified atom stereocenters. The van der Waals surface area contributed by atoms with Crippen LogP contribution in [0.1, 0.15) is 52.3 Å². The number of carbonyl (C=O) groups is 1. The molecule has 23 heavy (non-hydrogen) atoms. The Hall–Kier alpha value is -1.37. The summed E-state index contributed by atoms with van der Waals surface area (Å²) < 4.78 is 23.9. The zero-order valence-electron chi connectivity index (χ0n) is 14.0. The molecule has 0 spiro atoms. The van der Waals surface area contributed by atoms with Gasteiger partial charge in [0.2, 0.25) is 0 Å². The normalized spacial score (nSPS) is 22.7. The summed E-state index contributed by atoms with van der Waals surface area (Å²) in [5, 5.41) is 0. The fraction of sp³-hybridized carbons (Fsp3) is 0.750. The molecule has 0 saturated heterocycles. The molecule has 0 amide bonds. The first kappa shape index (κ1) is 18.0. The van der Waals surface area contributed by atoms with Crippen LogP contribution in [-0.2, 0) is 21.1 Å². The maximum absolute atomic E-state index is 12.3. The fourth-order valence-electron chi connectivity index (χ4n) is 2.87. The molecule has 0 radical (unpaired) electrons. The summed E-state index contributed by atoms with van der Waals surface area (Å²) in [5.41, 5.74) is 0. The van der Waals surface area contributed by atoms with Crippen LogP contribution in [0.3, 0.4) is 0 Å². The second kappa shape index (κ2) is 7.03. The summed E-state index contributed by atoms with van der Waals surface area (Å²) in [5.74, 6) is 1.04. The van der Waals surface area contributed by atoms with E-state index in [4.69, 9.17) is 0 Å². The van der Waals surface area contributed by atoms with Crippen LogP contribution in [0.2, 0.25) is 0 Å². The molecule has 1 aromatic heterocycles. The maximum Gasteiger partial charge on any atom is 0.155 e. The van der Waals surface area contributed by atoms with Crippen molar-refractivity contribution >= 4 is 15.6 Å². The van der Waals surface area contributed by atoms with Crippen molar-refractivity contribution in [2.75, 3.05) is 5.75 Å².